The quantitative estimate of drug-likeness (QED) is 0.268. The van der Waals surface area contributed by atoms with Gasteiger partial charge in [0.1, 0.15) is 5.82 Å². The van der Waals surface area contributed by atoms with Gasteiger partial charge in [-0.15, -0.1) is 0 Å². The van der Waals surface area contributed by atoms with Gasteiger partial charge in [0.25, 0.3) is 0 Å². The van der Waals surface area contributed by atoms with Crippen LogP contribution in [-0.4, -0.2) is 27.7 Å². The molecule has 0 aliphatic carbocycles. The maximum Gasteiger partial charge on any atom is 0.165 e. The van der Waals surface area contributed by atoms with Crippen LogP contribution in [0.4, 0.5) is 5.82 Å². The molecule has 0 saturated carbocycles. The number of benzene rings is 3. The van der Waals surface area contributed by atoms with Gasteiger partial charge < -0.3 is 4.90 Å². The van der Waals surface area contributed by atoms with Crippen molar-refractivity contribution in [3.63, 3.8) is 0 Å². The lowest BCUT2D eigenvalue weighted by atomic mass is 9.90. The number of rotatable bonds is 5. The van der Waals surface area contributed by atoms with E-state index in [0.717, 1.165) is 58.4 Å². The zero-order chi connectivity index (χ0) is 23.6. The molecule has 6 rings (SSSR count). The van der Waals surface area contributed by atoms with Crippen LogP contribution in [0.3, 0.4) is 0 Å². The molecule has 0 spiro atoms. The molecule has 3 heterocycles. The highest BCUT2D eigenvalue weighted by atomic mass is 35.5. The summed E-state index contributed by atoms with van der Waals surface area (Å²) in [6, 6.07) is 31.3. The Morgan fingerprint density at radius 1 is 0.800 bits per heavy atom. The van der Waals surface area contributed by atoms with E-state index in [2.05, 4.69) is 65.6 Å². The van der Waals surface area contributed by atoms with Crippen LogP contribution in [0.1, 0.15) is 18.4 Å². The Morgan fingerprint density at radius 3 is 2.20 bits per heavy atom. The van der Waals surface area contributed by atoms with E-state index in [-0.39, 0.29) is 0 Å². The van der Waals surface area contributed by atoms with Gasteiger partial charge in [-0.3, -0.25) is 0 Å². The molecule has 1 aliphatic heterocycles. The lowest BCUT2D eigenvalue weighted by Crippen LogP contribution is -2.35. The molecule has 1 fully saturated rings. The predicted molar refractivity (Wildman–Crippen MR) is 144 cm³/mol. The lowest BCUT2D eigenvalue weighted by Gasteiger charge is -2.33. The minimum Gasteiger partial charge on any atom is -0.356 e. The van der Waals surface area contributed by atoms with Crippen molar-refractivity contribution in [3.05, 3.63) is 108 Å². The average molecular weight is 479 g/mol. The van der Waals surface area contributed by atoms with E-state index in [1.165, 1.54) is 18.4 Å². The first-order chi connectivity index (χ1) is 17.2. The standard InChI is InChI=1S/C30H27ClN4/c31-26-13-11-24(12-14-26)27-21-32-35-29(20-28(33-30(27)35)25-9-5-2-6-10-25)34-17-15-23(16-18-34)19-22-7-3-1-4-8-22/h1-14,20-21,23H,15-19H2. The van der Waals surface area contributed by atoms with Crippen LogP contribution in [0.5, 0.6) is 0 Å². The molecule has 0 amide bonds. The van der Waals surface area contributed by atoms with Gasteiger partial charge in [0, 0.05) is 35.3 Å². The highest BCUT2D eigenvalue weighted by Gasteiger charge is 2.23. The topological polar surface area (TPSA) is 33.4 Å². The molecule has 4 nitrogen and oxygen atoms in total. The maximum absolute atomic E-state index is 6.14. The second-order valence-corrected chi connectivity index (χ2v) is 9.72. The first-order valence-corrected chi connectivity index (χ1v) is 12.6. The number of hydrogen-bond donors (Lipinski definition) is 0. The molecule has 1 saturated heterocycles. The van der Waals surface area contributed by atoms with Crippen LogP contribution >= 0.6 is 11.6 Å². The van der Waals surface area contributed by atoms with Crippen molar-refractivity contribution in [2.75, 3.05) is 18.0 Å². The maximum atomic E-state index is 6.14. The molecule has 5 aromatic rings. The molecular weight excluding hydrogens is 452 g/mol. The number of fused-ring (bicyclic) bond motifs is 1. The third-order valence-corrected chi connectivity index (χ3v) is 7.24. The molecule has 2 aromatic heterocycles. The molecular formula is C30H27ClN4. The summed E-state index contributed by atoms with van der Waals surface area (Å²) in [5.41, 5.74) is 6.46. The summed E-state index contributed by atoms with van der Waals surface area (Å²) in [6.45, 7) is 2.03. The van der Waals surface area contributed by atoms with Crippen molar-refractivity contribution < 1.29 is 0 Å². The van der Waals surface area contributed by atoms with Crippen LogP contribution in [0.15, 0.2) is 97.2 Å². The summed E-state index contributed by atoms with van der Waals surface area (Å²) in [5, 5.41) is 5.52. The summed E-state index contributed by atoms with van der Waals surface area (Å²) in [6.07, 6.45) is 5.42. The van der Waals surface area contributed by atoms with E-state index in [1.54, 1.807) is 0 Å². The Kier molecular flexibility index (Phi) is 5.97. The molecule has 174 valence electrons. The fraction of sp³-hybridized carbons (Fsp3) is 0.200. The summed E-state index contributed by atoms with van der Waals surface area (Å²) < 4.78 is 2.01. The second kappa shape index (κ2) is 9.55. The SMILES string of the molecule is Clc1ccc(-c2cnn3c(N4CCC(Cc5ccccc5)CC4)cc(-c4ccccc4)nc23)cc1. The number of hydrogen-bond acceptors (Lipinski definition) is 3. The van der Waals surface area contributed by atoms with Gasteiger partial charge in [-0.25, -0.2) is 4.98 Å². The molecule has 5 heteroatoms. The van der Waals surface area contributed by atoms with E-state index in [4.69, 9.17) is 21.7 Å². The molecule has 0 radical (unpaired) electrons. The summed E-state index contributed by atoms with van der Waals surface area (Å²) in [5.74, 6) is 1.81. The molecule has 3 aromatic carbocycles. The fourth-order valence-electron chi connectivity index (χ4n) is 5.08. The molecule has 0 unspecified atom stereocenters. The fourth-order valence-corrected chi connectivity index (χ4v) is 5.20. The Bertz CT molecular complexity index is 1420. The average Bonchev–Trinajstić information content (AvgIpc) is 3.34. The molecule has 0 N–H and O–H groups in total. The third-order valence-electron chi connectivity index (χ3n) is 6.98. The molecule has 0 atom stereocenters. The van der Waals surface area contributed by atoms with Gasteiger partial charge >= 0.3 is 0 Å². The van der Waals surface area contributed by atoms with E-state index in [9.17, 15) is 0 Å². The van der Waals surface area contributed by atoms with Crippen LogP contribution < -0.4 is 4.90 Å². The van der Waals surface area contributed by atoms with Crippen LogP contribution in [0.25, 0.3) is 28.0 Å². The van der Waals surface area contributed by atoms with Gasteiger partial charge in [0.2, 0.25) is 0 Å². The van der Waals surface area contributed by atoms with Gasteiger partial charge in [-0.1, -0.05) is 84.4 Å². The van der Waals surface area contributed by atoms with Gasteiger partial charge in [0.05, 0.1) is 11.9 Å². The number of piperidine rings is 1. The normalized spacial score (nSPS) is 14.5. The van der Waals surface area contributed by atoms with Crippen molar-refractivity contribution >= 4 is 23.1 Å². The first-order valence-electron chi connectivity index (χ1n) is 12.2. The van der Waals surface area contributed by atoms with E-state index < -0.39 is 0 Å². The summed E-state index contributed by atoms with van der Waals surface area (Å²) >= 11 is 6.14. The zero-order valence-corrected chi connectivity index (χ0v) is 20.3. The Balaban J connectivity index is 1.36. The monoisotopic (exact) mass is 478 g/mol. The van der Waals surface area contributed by atoms with Crippen LogP contribution in [0.2, 0.25) is 5.02 Å². The van der Waals surface area contributed by atoms with Crippen molar-refractivity contribution in [2.45, 2.75) is 19.3 Å². The molecule has 35 heavy (non-hydrogen) atoms. The minimum atomic E-state index is 0.710. The number of anilines is 1. The van der Waals surface area contributed by atoms with Crippen molar-refractivity contribution in [2.24, 2.45) is 5.92 Å². The van der Waals surface area contributed by atoms with Crippen LogP contribution in [0, 0.1) is 5.92 Å². The van der Waals surface area contributed by atoms with Crippen molar-refractivity contribution in [3.8, 4) is 22.4 Å². The van der Waals surface area contributed by atoms with Gasteiger partial charge in [0.15, 0.2) is 5.65 Å². The highest BCUT2D eigenvalue weighted by Crippen LogP contribution is 2.33. The van der Waals surface area contributed by atoms with Crippen LogP contribution in [-0.2, 0) is 6.42 Å². The zero-order valence-electron chi connectivity index (χ0n) is 19.5. The van der Waals surface area contributed by atoms with E-state index in [0.29, 0.717) is 5.92 Å². The van der Waals surface area contributed by atoms with E-state index in [1.807, 2.05) is 41.0 Å². The Hall–Kier alpha value is -3.63. The van der Waals surface area contributed by atoms with Crippen molar-refractivity contribution in [1.82, 2.24) is 14.6 Å². The molecule has 1 aliphatic rings. The number of aromatic nitrogens is 3. The summed E-state index contributed by atoms with van der Waals surface area (Å²) in [4.78, 5) is 7.54. The number of halogens is 1. The highest BCUT2D eigenvalue weighted by molar-refractivity contribution is 6.30. The largest absolute Gasteiger partial charge is 0.356 e. The Labute approximate surface area is 210 Å². The number of nitrogens with zero attached hydrogens (tertiary/aromatic N) is 4. The third kappa shape index (κ3) is 4.54. The second-order valence-electron chi connectivity index (χ2n) is 9.29. The predicted octanol–water partition coefficient (Wildman–Crippen LogP) is 7.18. The minimum absolute atomic E-state index is 0.710. The van der Waals surface area contributed by atoms with E-state index >= 15 is 0 Å². The van der Waals surface area contributed by atoms with Gasteiger partial charge in [-0.2, -0.15) is 9.61 Å². The summed E-state index contributed by atoms with van der Waals surface area (Å²) in [7, 11) is 0. The lowest BCUT2D eigenvalue weighted by molar-refractivity contribution is 0.401. The van der Waals surface area contributed by atoms with Gasteiger partial charge in [-0.05, 0) is 48.4 Å². The molecule has 0 bridgehead atoms. The van der Waals surface area contributed by atoms with Crippen molar-refractivity contribution in [1.29, 1.82) is 0 Å². The smallest absolute Gasteiger partial charge is 0.165 e. The first kappa shape index (κ1) is 21.9. The Morgan fingerprint density at radius 2 is 1.49 bits per heavy atom.